The fraction of sp³-hybridized carbons (Fsp3) is 0.0909. The Morgan fingerprint density at radius 3 is 2.50 bits per heavy atom. The highest BCUT2D eigenvalue weighted by Crippen LogP contribution is 2.28. The molecule has 0 heterocycles. The minimum atomic E-state index is -0.272. The molecule has 3 aromatic rings. The van der Waals surface area contributed by atoms with Gasteiger partial charge in [0.05, 0.1) is 13.3 Å². The Bertz CT molecular complexity index is 957. The van der Waals surface area contributed by atoms with Gasteiger partial charge < -0.3 is 9.47 Å². The molecule has 5 nitrogen and oxygen atoms in total. The highest BCUT2D eigenvalue weighted by molar-refractivity contribution is 6.30. The Morgan fingerprint density at radius 1 is 1.04 bits per heavy atom. The second-order valence-corrected chi connectivity index (χ2v) is 6.33. The maximum atomic E-state index is 12.0. The van der Waals surface area contributed by atoms with Gasteiger partial charge in [0.25, 0.3) is 5.91 Å². The molecule has 0 unspecified atom stereocenters. The third-order valence-electron chi connectivity index (χ3n) is 3.91. The van der Waals surface area contributed by atoms with Crippen molar-refractivity contribution in [1.82, 2.24) is 5.43 Å². The highest BCUT2D eigenvalue weighted by atomic mass is 35.5. The van der Waals surface area contributed by atoms with Crippen LogP contribution in [0, 0.1) is 0 Å². The number of nitrogens with zero attached hydrogens (tertiary/aromatic N) is 1. The molecule has 142 valence electrons. The van der Waals surface area contributed by atoms with E-state index >= 15 is 0 Å². The molecular formula is C22H19ClN2O3. The topological polar surface area (TPSA) is 59.9 Å². The molecule has 3 rings (SSSR count). The predicted molar refractivity (Wildman–Crippen MR) is 110 cm³/mol. The van der Waals surface area contributed by atoms with Crippen molar-refractivity contribution < 1.29 is 14.3 Å². The Kier molecular flexibility index (Phi) is 6.65. The lowest BCUT2D eigenvalue weighted by atomic mass is 10.2. The van der Waals surface area contributed by atoms with Gasteiger partial charge in [0.15, 0.2) is 11.5 Å². The second-order valence-electron chi connectivity index (χ2n) is 5.89. The van der Waals surface area contributed by atoms with Crippen LogP contribution in [0.5, 0.6) is 11.5 Å². The molecule has 0 bridgehead atoms. The lowest BCUT2D eigenvalue weighted by Gasteiger charge is -2.11. The number of carbonyl (C=O) groups is 1. The van der Waals surface area contributed by atoms with Crippen molar-refractivity contribution in [1.29, 1.82) is 0 Å². The van der Waals surface area contributed by atoms with Crippen molar-refractivity contribution in [2.45, 2.75) is 6.61 Å². The molecular weight excluding hydrogens is 376 g/mol. The maximum Gasteiger partial charge on any atom is 0.271 e. The van der Waals surface area contributed by atoms with E-state index in [1.807, 2.05) is 36.4 Å². The van der Waals surface area contributed by atoms with Crippen LogP contribution in [0.3, 0.4) is 0 Å². The molecule has 0 aliphatic heterocycles. The Morgan fingerprint density at radius 2 is 1.79 bits per heavy atom. The average molecular weight is 395 g/mol. The van der Waals surface area contributed by atoms with Crippen LogP contribution in [0.2, 0.25) is 5.02 Å². The van der Waals surface area contributed by atoms with Crippen molar-refractivity contribution in [2.75, 3.05) is 7.11 Å². The lowest BCUT2D eigenvalue weighted by molar-refractivity contribution is 0.0955. The monoisotopic (exact) mass is 394 g/mol. The first-order valence-corrected chi connectivity index (χ1v) is 8.97. The van der Waals surface area contributed by atoms with Crippen LogP contribution in [-0.4, -0.2) is 19.2 Å². The summed E-state index contributed by atoms with van der Waals surface area (Å²) in [6.07, 6.45) is 1.55. The largest absolute Gasteiger partial charge is 0.493 e. The van der Waals surface area contributed by atoms with E-state index in [2.05, 4.69) is 10.5 Å². The summed E-state index contributed by atoms with van der Waals surface area (Å²) in [5.41, 5.74) is 4.81. The summed E-state index contributed by atoms with van der Waals surface area (Å²) in [6, 6.07) is 21.8. The number of ether oxygens (including phenoxy) is 2. The van der Waals surface area contributed by atoms with E-state index in [9.17, 15) is 4.79 Å². The molecule has 0 saturated heterocycles. The van der Waals surface area contributed by atoms with Gasteiger partial charge in [-0.1, -0.05) is 41.9 Å². The van der Waals surface area contributed by atoms with Gasteiger partial charge in [0, 0.05) is 10.6 Å². The van der Waals surface area contributed by atoms with Gasteiger partial charge in [-0.3, -0.25) is 4.79 Å². The smallest absolute Gasteiger partial charge is 0.271 e. The Balaban J connectivity index is 1.62. The van der Waals surface area contributed by atoms with Gasteiger partial charge in [-0.15, -0.1) is 0 Å². The first-order chi connectivity index (χ1) is 13.7. The zero-order valence-corrected chi connectivity index (χ0v) is 16.0. The molecule has 0 spiro atoms. The molecule has 1 N–H and O–H groups in total. The third kappa shape index (κ3) is 5.34. The summed E-state index contributed by atoms with van der Waals surface area (Å²) in [5.74, 6) is 0.918. The van der Waals surface area contributed by atoms with Crippen molar-refractivity contribution in [3.8, 4) is 11.5 Å². The van der Waals surface area contributed by atoms with Crippen LogP contribution in [0.25, 0.3) is 0 Å². The first kappa shape index (κ1) is 19.5. The highest BCUT2D eigenvalue weighted by Gasteiger charge is 2.06. The van der Waals surface area contributed by atoms with Gasteiger partial charge in [0.1, 0.15) is 6.61 Å². The minimum absolute atomic E-state index is 0.272. The fourth-order valence-electron chi connectivity index (χ4n) is 2.44. The standard InChI is InChI=1S/C22H19ClN2O3/c1-27-21-13-17(14-24-25-22(26)18-5-3-2-4-6-18)9-12-20(21)28-15-16-7-10-19(23)11-8-16/h2-14H,15H2,1H3,(H,25,26)/b24-14-. The van der Waals surface area contributed by atoms with Crippen LogP contribution in [-0.2, 0) is 6.61 Å². The maximum absolute atomic E-state index is 12.0. The SMILES string of the molecule is COc1cc(/C=N\NC(=O)c2ccccc2)ccc1OCc1ccc(Cl)cc1. The third-order valence-corrected chi connectivity index (χ3v) is 4.16. The van der Waals surface area contributed by atoms with Gasteiger partial charge in [-0.2, -0.15) is 5.10 Å². The van der Waals surface area contributed by atoms with Gasteiger partial charge >= 0.3 is 0 Å². The van der Waals surface area contributed by atoms with Crippen molar-refractivity contribution >= 4 is 23.7 Å². The van der Waals surface area contributed by atoms with Crippen LogP contribution in [0.4, 0.5) is 0 Å². The Labute approximate surface area is 168 Å². The van der Waals surface area contributed by atoms with Gasteiger partial charge in [0.2, 0.25) is 0 Å². The number of halogens is 1. The summed E-state index contributed by atoms with van der Waals surface area (Å²) in [6.45, 7) is 0.397. The number of benzene rings is 3. The van der Waals surface area contributed by atoms with Crippen LogP contribution >= 0.6 is 11.6 Å². The number of nitrogens with one attached hydrogen (secondary N) is 1. The molecule has 0 aliphatic rings. The molecule has 0 aliphatic carbocycles. The second kappa shape index (κ2) is 9.58. The molecule has 1 amide bonds. The molecule has 0 aromatic heterocycles. The summed E-state index contributed by atoms with van der Waals surface area (Å²) in [4.78, 5) is 12.0. The van der Waals surface area contributed by atoms with E-state index < -0.39 is 0 Å². The van der Waals surface area contributed by atoms with E-state index in [0.717, 1.165) is 11.1 Å². The van der Waals surface area contributed by atoms with Crippen LogP contribution < -0.4 is 14.9 Å². The van der Waals surface area contributed by atoms with Gasteiger partial charge in [-0.05, 0) is 53.6 Å². The number of carbonyl (C=O) groups excluding carboxylic acids is 1. The number of hydrazone groups is 1. The summed E-state index contributed by atoms with van der Waals surface area (Å²) >= 11 is 5.89. The number of hydrogen-bond donors (Lipinski definition) is 1. The Hall–Kier alpha value is -3.31. The van der Waals surface area contributed by atoms with Gasteiger partial charge in [-0.25, -0.2) is 5.43 Å². The molecule has 0 saturated carbocycles. The number of amides is 1. The van der Waals surface area contributed by atoms with E-state index in [1.54, 1.807) is 49.7 Å². The number of rotatable bonds is 7. The molecule has 0 atom stereocenters. The first-order valence-electron chi connectivity index (χ1n) is 8.59. The molecule has 3 aromatic carbocycles. The van der Waals surface area contributed by atoms with E-state index in [1.165, 1.54) is 0 Å². The van der Waals surface area contributed by atoms with Crippen molar-refractivity contribution in [2.24, 2.45) is 5.10 Å². The zero-order chi connectivity index (χ0) is 19.8. The predicted octanol–water partition coefficient (Wildman–Crippen LogP) is 4.69. The molecule has 0 fully saturated rings. The minimum Gasteiger partial charge on any atom is -0.493 e. The zero-order valence-electron chi connectivity index (χ0n) is 15.3. The normalized spacial score (nSPS) is 10.6. The molecule has 28 heavy (non-hydrogen) atoms. The fourth-order valence-corrected chi connectivity index (χ4v) is 2.57. The van der Waals surface area contributed by atoms with Crippen LogP contribution in [0.15, 0.2) is 77.9 Å². The van der Waals surface area contributed by atoms with Crippen molar-refractivity contribution in [3.05, 3.63) is 94.5 Å². The molecule has 6 heteroatoms. The summed E-state index contributed by atoms with van der Waals surface area (Å²) in [5, 5.41) is 4.68. The van der Waals surface area contributed by atoms with E-state index in [4.69, 9.17) is 21.1 Å². The summed E-state index contributed by atoms with van der Waals surface area (Å²) < 4.78 is 11.2. The van der Waals surface area contributed by atoms with Crippen LogP contribution in [0.1, 0.15) is 21.5 Å². The molecule has 0 radical (unpaired) electrons. The van der Waals surface area contributed by atoms with E-state index in [0.29, 0.717) is 28.7 Å². The average Bonchev–Trinajstić information content (AvgIpc) is 2.74. The number of hydrogen-bond acceptors (Lipinski definition) is 4. The van der Waals surface area contributed by atoms with Crippen molar-refractivity contribution in [3.63, 3.8) is 0 Å². The number of methoxy groups -OCH3 is 1. The lowest BCUT2D eigenvalue weighted by Crippen LogP contribution is -2.17. The quantitative estimate of drug-likeness (QED) is 0.467. The summed E-state index contributed by atoms with van der Waals surface area (Å²) in [7, 11) is 1.57. The van der Waals surface area contributed by atoms with E-state index in [-0.39, 0.29) is 5.91 Å².